The van der Waals surface area contributed by atoms with Crippen LogP contribution in [0.15, 0.2) is 56.1 Å². The first-order chi connectivity index (χ1) is 13.0. The first-order valence-corrected chi connectivity index (χ1v) is 9.54. The number of halogens is 1. The molecule has 0 unspecified atom stereocenters. The summed E-state index contributed by atoms with van der Waals surface area (Å²) in [7, 11) is 1.65. The number of rotatable bonds is 3. The second-order valence-corrected chi connectivity index (χ2v) is 7.68. The van der Waals surface area contributed by atoms with E-state index in [9.17, 15) is 9.59 Å². The van der Waals surface area contributed by atoms with Crippen molar-refractivity contribution < 1.29 is 13.9 Å². The second kappa shape index (κ2) is 6.98. The van der Waals surface area contributed by atoms with Crippen LogP contribution < -0.4 is 11.1 Å². The van der Waals surface area contributed by atoms with Gasteiger partial charge in [-0.1, -0.05) is 28.1 Å². The van der Waals surface area contributed by atoms with E-state index in [1.54, 1.807) is 25.2 Å². The van der Waals surface area contributed by atoms with E-state index in [2.05, 4.69) is 21.2 Å². The van der Waals surface area contributed by atoms with Crippen LogP contribution >= 0.6 is 15.9 Å². The smallest absolute Gasteiger partial charge is 0.408 e. The lowest BCUT2D eigenvalue weighted by Gasteiger charge is -2.36. The van der Waals surface area contributed by atoms with Crippen molar-refractivity contribution in [1.82, 2.24) is 4.57 Å². The molecule has 0 saturated carbocycles. The van der Waals surface area contributed by atoms with Gasteiger partial charge in [0, 0.05) is 36.5 Å². The fourth-order valence-corrected chi connectivity index (χ4v) is 3.86. The average Bonchev–Trinajstić information content (AvgIpc) is 2.96. The number of anilines is 1. The molecule has 140 valence electrons. The van der Waals surface area contributed by atoms with Crippen LogP contribution in [-0.4, -0.2) is 23.7 Å². The molecule has 0 bridgehead atoms. The molecular formula is C20H19BrN2O4. The molecule has 1 aromatic heterocycles. The molecule has 0 aliphatic carbocycles. The number of carbonyl (C=O) groups excluding carboxylic acids is 1. The summed E-state index contributed by atoms with van der Waals surface area (Å²) in [6, 6.07) is 13.1. The summed E-state index contributed by atoms with van der Waals surface area (Å²) in [5.74, 6) is -0.505. The summed E-state index contributed by atoms with van der Waals surface area (Å²) >= 11 is 3.45. The van der Waals surface area contributed by atoms with Gasteiger partial charge >= 0.3 is 5.76 Å². The Morgan fingerprint density at radius 1 is 1.15 bits per heavy atom. The first kappa shape index (κ1) is 18.0. The van der Waals surface area contributed by atoms with Gasteiger partial charge in [-0.2, -0.15) is 0 Å². The Labute approximate surface area is 164 Å². The Morgan fingerprint density at radius 3 is 2.56 bits per heavy atom. The van der Waals surface area contributed by atoms with Gasteiger partial charge in [0.2, 0.25) is 5.91 Å². The largest absolute Gasteiger partial charge is 0.419 e. The lowest BCUT2D eigenvalue weighted by molar-refractivity contribution is -0.125. The normalized spacial score (nSPS) is 16.4. The van der Waals surface area contributed by atoms with E-state index >= 15 is 0 Å². The van der Waals surface area contributed by atoms with E-state index < -0.39 is 11.2 Å². The maximum absolute atomic E-state index is 13.3. The SMILES string of the molecule is Cn1c(=O)oc2cc(NC(=O)C3(c4ccc(Br)cc4)CCOCC3)ccc21. The van der Waals surface area contributed by atoms with Gasteiger partial charge < -0.3 is 14.5 Å². The highest BCUT2D eigenvalue weighted by Crippen LogP contribution is 2.37. The number of hydrogen-bond donors (Lipinski definition) is 1. The van der Waals surface area contributed by atoms with Crippen LogP contribution in [-0.2, 0) is 22.0 Å². The third kappa shape index (κ3) is 3.21. The minimum atomic E-state index is -0.647. The van der Waals surface area contributed by atoms with Gasteiger partial charge in [0.25, 0.3) is 0 Å². The summed E-state index contributed by atoms with van der Waals surface area (Å²) in [5, 5.41) is 3.01. The maximum atomic E-state index is 13.3. The number of amides is 1. The minimum Gasteiger partial charge on any atom is -0.408 e. The Hall–Kier alpha value is -2.38. The molecule has 2 heterocycles. The molecule has 1 amide bonds. The molecule has 0 atom stereocenters. The van der Waals surface area contributed by atoms with Gasteiger partial charge in [-0.15, -0.1) is 0 Å². The number of aryl methyl sites for hydroxylation is 1. The number of ether oxygens (including phenoxy) is 1. The third-order valence-corrected chi connectivity index (χ3v) is 5.76. The molecule has 1 aliphatic heterocycles. The van der Waals surface area contributed by atoms with Crippen molar-refractivity contribution in [2.75, 3.05) is 18.5 Å². The highest BCUT2D eigenvalue weighted by atomic mass is 79.9. The molecule has 0 radical (unpaired) electrons. The highest BCUT2D eigenvalue weighted by molar-refractivity contribution is 9.10. The van der Waals surface area contributed by atoms with E-state index in [0.717, 1.165) is 10.0 Å². The second-order valence-electron chi connectivity index (χ2n) is 6.76. The molecule has 3 aromatic rings. The number of nitrogens with zero attached hydrogens (tertiary/aromatic N) is 1. The van der Waals surface area contributed by atoms with Crippen LogP contribution in [0.5, 0.6) is 0 Å². The summed E-state index contributed by atoms with van der Waals surface area (Å²) in [4.78, 5) is 25.0. The lowest BCUT2D eigenvalue weighted by atomic mass is 9.73. The average molecular weight is 431 g/mol. The zero-order valence-electron chi connectivity index (χ0n) is 14.8. The zero-order chi connectivity index (χ0) is 19.0. The summed E-state index contributed by atoms with van der Waals surface area (Å²) in [6.07, 6.45) is 1.23. The predicted octanol–water partition coefficient (Wildman–Crippen LogP) is 3.58. The Bertz CT molecular complexity index is 1050. The maximum Gasteiger partial charge on any atom is 0.419 e. The monoisotopic (exact) mass is 430 g/mol. The van der Waals surface area contributed by atoms with Crippen molar-refractivity contribution in [1.29, 1.82) is 0 Å². The van der Waals surface area contributed by atoms with Gasteiger partial charge in [-0.25, -0.2) is 4.79 Å². The van der Waals surface area contributed by atoms with Crippen molar-refractivity contribution in [2.24, 2.45) is 7.05 Å². The Balaban J connectivity index is 1.68. The molecule has 27 heavy (non-hydrogen) atoms. The number of aromatic nitrogens is 1. The van der Waals surface area contributed by atoms with Crippen molar-refractivity contribution in [3.05, 3.63) is 63.1 Å². The standard InChI is InChI=1S/C20H19BrN2O4/c1-23-16-7-6-15(12-17(16)27-19(23)25)22-18(24)20(8-10-26-11-9-20)13-2-4-14(21)5-3-13/h2-7,12H,8-11H2,1H3,(H,22,24). The van der Waals surface area contributed by atoms with Crippen LogP contribution in [0.25, 0.3) is 11.1 Å². The van der Waals surface area contributed by atoms with Crippen LogP contribution in [0.4, 0.5) is 5.69 Å². The van der Waals surface area contributed by atoms with Crippen LogP contribution in [0.3, 0.4) is 0 Å². The van der Waals surface area contributed by atoms with Gasteiger partial charge in [0.05, 0.1) is 10.9 Å². The highest BCUT2D eigenvalue weighted by Gasteiger charge is 2.41. The van der Waals surface area contributed by atoms with E-state index in [-0.39, 0.29) is 5.91 Å². The van der Waals surface area contributed by atoms with Crippen molar-refractivity contribution in [3.63, 3.8) is 0 Å². The number of benzene rings is 2. The molecule has 0 spiro atoms. The van der Waals surface area contributed by atoms with Crippen molar-refractivity contribution in [2.45, 2.75) is 18.3 Å². The number of oxazole rings is 1. The number of hydrogen-bond acceptors (Lipinski definition) is 4. The number of fused-ring (bicyclic) bond motifs is 1. The fraction of sp³-hybridized carbons (Fsp3) is 0.300. The first-order valence-electron chi connectivity index (χ1n) is 8.74. The van der Waals surface area contributed by atoms with Crippen LogP contribution in [0, 0.1) is 0 Å². The zero-order valence-corrected chi connectivity index (χ0v) is 16.4. The molecular weight excluding hydrogens is 412 g/mol. The molecule has 2 aromatic carbocycles. The molecule has 4 rings (SSSR count). The van der Waals surface area contributed by atoms with Gasteiger partial charge in [0.1, 0.15) is 0 Å². The molecule has 6 nitrogen and oxygen atoms in total. The van der Waals surface area contributed by atoms with E-state index in [0.29, 0.717) is 42.8 Å². The van der Waals surface area contributed by atoms with Gasteiger partial charge in [-0.3, -0.25) is 9.36 Å². The van der Waals surface area contributed by atoms with E-state index in [4.69, 9.17) is 9.15 Å². The topological polar surface area (TPSA) is 73.5 Å². The van der Waals surface area contributed by atoms with Crippen molar-refractivity contribution in [3.8, 4) is 0 Å². The number of carbonyl (C=O) groups is 1. The molecule has 1 N–H and O–H groups in total. The summed E-state index contributed by atoms with van der Waals surface area (Å²) in [6.45, 7) is 1.08. The van der Waals surface area contributed by atoms with E-state index in [1.807, 2.05) is 24.3 Å². The minimum absolute atomic E-state index is 0.0780. The lowest BCUT2D eigenvalue weighted by Crippen LogP contribution is -2.44. The quantitative estimate of drug-likeness (QED) is 0.688. The summed E-state index contributed by atoms with van der Waals surface area (Å²) < 4.78 is 13.1. The van der Waals surface area contributed by atoms with E-state index in [1.165, 1.54) is 4.57 Å². The van der Waals surface area contributed by atoms with Gasteiger partial charge in [-0.05, 0) is 42.7 Å². The van der Waals surface area contributed by atoms with Crippen LogP contribution in [0.1, 0.15) is 18.4 Å². The predicted molar refractivity (Wildman–Crippen MR) is 106 cm³/mol. The van der Waals surface area contributed by atoms with Gasteiger partial charge in [0.15, 0.2) is 5.58 Å². The van der Waals surface area contributed by atoms with Crippen LogP contribution in [0.2, 0.25) is 0 Å². The molecule has 7 heteroatoms. The molecule has 1 saturated heterocycles. The third-order valence-electron chi connectivity index (χ3n) is 5.23. The fourth-order valence-electron chi connectivity index (χ4n) is 3.60. The number of nitrogens with one attached hydrogen (secondary N) is 1. The molecule has 1 aliphatic rings. The van der Waals surface area contributed by atoms with Crippen molar-refractivity contribution >= 4 is 38.6 Å². The summed E-state index contributed by atoms with van der Waals surface area (Å²) in [5.41, 5.74) is 2.06. The Kier molecular flexibility index (Phi) is 4.65. The Morgan fingerprint density at radius 2 is 1.85 bits per heavy atom. The molecule has 1 fully saturated rings.